The number of methoxy groups -OCH3 is 1. The average Bonchev–Trinajstić information content (AvgIpc) is 3.28. The van der Waals surface area contributed by atoms with Crippen LogP contribution in [-0.2, 0) is 0 Å². The summed E-state index contributed by atoms with van der Waals surface area (Å²) in [6, 6.07) is 12.6. The number of H-pyrrole nitrogens is 1. The van der Waals surface area contributed by atoms with Gasteiger partial charge < -0.3 is 15.0 Å². The van der Waals surface area contributed by atoms with Gasteiger partial charge in [0, 0.05) is 35.9 Å². The summed E-state index contributed by atoms with van der Waals surface area (Å²) in [6.07, 6.45) is 6.32. The van der Waals surface area contributed by atoms with Gasteiger partial charge in [0.15, 0.2) is 5.82 Å². The molecule has 0 radical (unpaired) electrons. The molecular formula is C21H24N6O. The maximum Gasteiger partial charge on any atom is 0.153 e. The van der Waals surface area contributed by atoms with Crippen molar-refractivity contribution in [3.8, 4) is 5.75 Å². The van der Waals surface area contributed by atoms with Gasteiger partial charge in [0.05, 0.1) is 13.2 Å². The van der Waals surface area contributed by atoms with Crippen LogP contribution in [-0.4, -0.2) is 33.8 Å². The van der Waals surface area contributed by atoms with Crippen molar-refractivity contribution >= 4 is 17.5 Å². The molecule has 5 rings (SSSR count). The Labute approximate surface area is 164 Å². The van der Waals surface area contributed by atoms with Crippen LogP contribution in [0.1, 0.15) is 48.9 Å². The molecule has 1 saturated heterocycles. The summed E-state index contributed by atoms with van der Waals surface area (Å²) in [5.41, 5.74) is 2.41. The normalized spacial score (nSPS) is 19.0. The van der Waals surface area contributed by atoms with E-state index in [1.165, 1.54) is 24.1 Å². The zero-order valence-electron chi connectivity index (χ0n) is 15.9. The number of aromatic nitrogens is 4. The molecular weight excluding hydrogens is 352 g/mol. The molecule has 7 heteroatoms. The molecule has 3 heterocycles. The smallest absolute Gasteiger partial charge is 0.153 e. The van der Waals surface area contributed by atoms with Crippen molar-refractivity contribution in [1.29, 1.82) is 0 Å². The summed E-state index contributed by atoms with van der Waals surface area (Å²) in [7, 11) is 1.73. The molecule has 2 N–H and O–H groups in total. The fraction of sp³-hybridized carbons (Fsp3) is 0.381. The van der Waals surface area contributed by atoms with E-state index >= 15 is 0 Å². The Morgan fingerprint density at radius 1 is 1.11 bits per heavy atom. The Balaban J connectivity index is 1.38. The Morgan fingerprint density at radius 2 is 2.00 bits per heavy atom. The number of aromatic amines is 1. The van der Waals surface area contributed by atoms with Crippen LogP contribution in [0.2, 0.25) is 0 Å². The summed E-state index contributed by atoms with van der Waals surface area (Å²) < 4.78 is 5.59. The van der Waals surface area contributed by atoms with Crippen LogP contribution in [0.15, 0.2) is 42.7 Å². The summed E-state index contributed by atoms with van der Waals surface area (Å²) in [5, 5.41) is 10.8. The van der Waals surface area contributed by atoms with Crippen LogP contribution in [0.4, 0.5) is 17.5 Å². The van der Waals surface area contributed by atoms with Gasteiger partial charge in [-0.2, -0.15) is 5.10 Å². The van der Waals surface area contributed by atoms with Crippen molar-refractivity contribution in [1.82, 2.24) is 20.2 Å². The first kappa shape index (κ1) is 17.0. The van der Waals surface area contributed by atoms with Crippen molar-refractivity contribution < 1.29 is 4.74 Å². The van der Waals surface area contributed by atoms with E-state index in [2.05, 4.69) is 48.6 Å². The van der Waals surface area contributed by atoms with Crippen LogP contribution in [0.3, 0.4) is 0 Å². The number of hydrogen-bond donors (Lipinski definition) is 2. The van der Waals surface area contributed by atoms with Gasteiger partial charge in [-0.15, -0.1) is 0 Å². The van der Waals surface area contributed by atoms with Gasteiger partial charge in [-0.3, -0.25) is 5.10 Å². The van der Waals surface area contributed by atoms with Gasteiger partial charge in [-0.25, -0.2) is 9.97 Å². The monoisotopic (exact) mass is 376 g/mol. The van der Waals surface area contributed by atoms with Gasteiger partial charge in [0.2, 0.25) is 0 Å². The predicted molar refractivity (Wildman–Crippen MR) is 108 cm³/mol. The molecule has 0 spiro atoms. The van der Waals surface area contributed by atoms with E-state index in [9.17, 15) is 0 Å². The van der Waals surface area contributed by atoms with Crippen molar-refractivity contribution in [2.75, 3.05) is 23.9 Å². The van der Waals surface area contributed by atoms with Gasteiger partial charge in [0.1, 0.15) is 23.7 Å². The molecule has 2 aliphatic rings. The highest BCUT2D eigenvalue weighted by Crippen LogP contribution is 2.40. The third-order valence-corrected chi connectivity index (χ3v) is 5.57. The Hall–Kier alpha value is -3.09. The highest BCUT2D eigenvalue weighted by atomic mass is 16.5. The van der Waals surface area contributed by atoms with E-state index in [1.54, 1.807) is 13.4 Å². The van der Waals surface area contributed by atoms with E-state index in [-0.39, 0.29) is 6.04 Å². The molecule has 7 nitrogen and oxygen atoms in total. The average molecular weight is 376 g/mol. The second-order valence-corrected chi connectivity index (χ2v) is 7.46. The zero-order chi connectivity index (χ0) is 18.9. The number of ether oxygens (including phenoxy) is 1. The minimum Gasteiger partial charge on any atom is -0.496 e. The van der Waals surface area contributed by atoms with Crippen molar-refractivity contribution in [2.45, 2.75) is 37.6 Å². The Morgan fingerprint density at radius 3 is 2.86 bits per heavy atom. The number of anilines is 3. The summed E-state index contributed by atoms with van der Waals surface area (Å²) in [4.78, 5) is 11.3. The van der Waals surface area contributed by atoms with E-state index in [0.29, 0.717) is 5.92 Å². The lowest BCUT2D eigenvalue weighted by Gasteiger charge is -2.27. The lowest BCUT2D eigenvalue weighted by molar-refractivity contribution is 0.405. The van der Waals surface area contributed by atoms with E-state index in [1.807, 2.05) is 18.2 Å². The van der Waals surface area contributed by atoms with Gasteiger partial charge >= 0.3 is 0 Å². The van der Waals surface area contributed by atoms with Crippen molar-refractivity contribution in [3.05, 3.63) is 54.0 Å². The number of benzene rings is 1. The number of rotatable bonds is 6. The summed E-state index contributed by atoms with van der Waals surface area (Å²) >= 11 is 0. The molecule has 0 bridgehead atoms. The van der Waals surface area contributed by atoms with Crippen LogP contribution >= 0.6 is 0 Å². The van der Waals surface area contributed by atoms with Gasteiger partial charge in [0.25, 0.3) is 0 Å². The third-order valence-electron chi connectivity index (χ3n) is 5.57. The van der Waals surface area contributed by atoms with Gasteiger partial charge in [-0.1, -0.05) is 18.2 Å². The first-order valence-corrected chi connectivity index (χ1v) is 9.86. The largest absolute Gasteiger partial charge is 0.496 e. The molecule has 1 saturated carbocycles. The number of nitrogens with zero attached hydrogens (tertiary/aromatic N) is 4. The molecule has 1 aromatic carbocycles. The highest BCUT2D eigenvalue weighted by Gasteiger charge is 2.29. The molecule has 1 aliphatic heterocycles. The van der Waals surface area contributed by atoms with Gasteiger partial charge in [-0.05, 0) is 31.7 Å². The maximum absolute atomic E-state index is 5.59. The fourth-order valence-corrected chi connectivity index (χ4v) is 4.01. The number of nitrogens with one attached hydrogen (secondary N) is 2. The van der Waals surface area contributed by atoms with Crippen molar-refractivity contribution in [2.24, 2.45) is 0 Å². The summed E-state index contributed by atoms with van der Waals surface area (Å²) in [6.45, 7) is 0.966. The van der Waals surface area contributed by atoms with Crippen LogP contribution in [0, 0.1) is 0 Å². The van der Waals surface area contributed by atoms with E-state index < -0.39 is 0 Å². The quantitative estimate of drug-likeness (QED) is 0.672. The fourth-order valence-electron chi connectivity index (χ4n) is 4.01. The maximum atomic E-state index is 5.59. The zero-order valence-corrected chi connectivity index (χ0v) is 15.9. The lowest BCUT2D eigenvalue weighted by Crippen LogP contribution is -2.24. The van der Waals surface area contributed by atoms with Crippen LogP contribution in [0.5, 0.6) is 5.75 Å². The first-order valence-electron chi connectivity index (χ1n) is 9.86. The molecule has 3 aromatic rings. The predicted octanol–water partition coefficient (Wildman–Crippen LogP) is 4.17. The topological polar surface area (TPSA) is 79.0 Å². The minimum absolute atomic E-state index is 0.255. The molecule has 2 aromatic heterocycles. The first-order chi connectivity index (χ1) is 13.8. The second kappa shape index (κ2) is 7.14. The highest BCUT2D eigenvalue weighted by molar-refractivity contribution is 5.58. The standard InChI is InChI=1S/C21H24N6O/c1-28-18-7-3-2-5-15(18)17-6-4-10-27(17)21-12-19(22-13-23-21)24-20-11-16(25-26-20)14-8-9-14/h2-3,5,7,11-14,17H,4,6,8-10H2,1H3,(H2,22,23,24,25,26). The minimum atomic E-state index is 0.255. The SMILES string of the molecule is COc1ccccc1C1CCCN1c1cc(Nc2cc(C3CC3)[nH]n2)ncn1. The number of hydrogen-bond acceptors (Lipinski definition) is 6. The Bertz CT molecular complexity index is 967. The van der Waals surface area contributed by atoms with E-state index in [0.717, 1.165) is 42.6 Å². The Kier molecular flexibility index (Phi) is 4.35. The molecule has 2 fully saturated rings. The summed E-state index contributed by atoms with van der Waals surface area (Å²) in [5.74, 6) is 4.05. The molecule has 28 heavy (non-hydrogen) atoms. The molecule has 1 aliphatic carbocycles. The third kappa shape index (κ3) is 3.28. The van der Waals surface area contributed by atoms with E-state index in [4.69, 9.17) is 4.74 Å². The number of para-hydroxylation sites is 1. The second-order valence-electron chi connectivity index (χ2n) is 7.46. The van der Waals surface area contributed by atoms with Crippen LogP contribution < -0.4 is 15.0 Å². The lowest BCUT2D eigenvalue weighted by atomic mass is 10.0. The molecule has 1 atom stereocenters. The van der Waals surface area contributed by atoms with Crippen molar-refractivity contribution in [3.63, 3.8) is 0 Å². The molecule has 144 valence electrons. The van der Waals surface area contributed by atoms with Crippen LogP contribution in [0.25, 0.3) is 0 Å². The molecule has 1 unspecified atom stereocenters. The molecule has 0 amide bonds.